The molecule has 0 N–H and O–H groups in total. The first-order chi connectivity index (χ1) is 7.45. The Morgan fingerprint density at radius 2 is 1.93 bits per heavy atom. The monoisotopic (exact) mass is 197 g/mol. The van der Waals surface area contributed by atoms with Gasteiger partial charge in [0.05, 0.1) is 0 Å². The highest BCUT2D eigenvalue weighted by atomic mass is 16.6. The van der Waals surface area contributed by atoms with Crippen molar-refractivity contribution in [2.75, 3.05) is 0 Å². The summed E-state index contributed by atoms with van der Waals surface area (Å²) < 4.78 is 0. The van der Waals surface area contributed by atoms with Crippen LogP contribution in [-0.2, 0) is 4.84 Å². The van der Waals surface area contributed by atoms with Crippen LogP contribution < -0.4 is 0 Å². The maximum Gasteiger partial charge on any atom is 0.158 e. The Bertz CT molecular complexity index is 505. The second kappa shape index (κ2) is 3.39. The van der Waals surface area contributed by atoms with E-state index in [2.05, 4.69) is 47.6 Å². The van der Waals surface area contributed by atoms with Gasteiger partial charge in [0.2, 0.25) is 0 Å². The number of nitrogens with zero attached hydrogens (tertiary/aromatic N) is 1. The highest BCUT2D eigenvalue weighted by Crippen LogP contribution is 2.30. The lowest BCUT2D eigenvalue weighted by molar-refractivity contribution is 0.0868. The normalized spacial score (nSPS) is 19.3. The molecule has 2 heteroatoms. The third-order valence-corrected chi connectivity index (χ3v) is 2.75. The Morgan fingerprint density at radius 3 is 2.80 bits per heavy atom. The summed E-state index contributed by atoms with van der Waals surface area (Å²) in [6.45, 7) is 0. The zero-order valence-electron chi connectivity index (χ0n) is 8.26. The summed E-state index contributed by atoms with van der Waals surface area (Å²) in [5.74, 6) is 0. The summed E-state index contributed by atoms with van der Waals surface area (Å²) in [7, 11) is 0. The zero-order valence-corrected chi connectivity index (χ0v) is 8.26. The van der Waals surface area contributed by atoms with E-state index in [0.29, 0.717) is 0 Å². The molecule has 0 aliphatic carbocycles. The summed E-state index contributed by atoms with van der Waals surface area (Å²) in [5, 5.41) is 6.34. The Morgan fingerprint density at radius 1 is 1.07 bits per heavy atom. The molecule has 74 valence electrons. The van der Waals surface area contributed by atoms with Crippen molar-refractivity contribution >= 4 is 17.0 Å². The first-order valence-electron chi connectivity index (χ1n) is 5.10. The van der Waals surface area contributed by atoms with Gasteiger partial charge in [-0.3, -0.25) is 0 Å². The SMILES string of the molecule is C1=NOC(c2cccc3ccccc23)C1. The molecule has 1 unspecified atom stereocenters. The fourth-order valence-corrected chi connectivity index (χ4v) is 2.01. The van der Waals surface area contributed by atoms with Crippen molar-refractivity contribution in [3.8, 4) is 0 Å². The first kappa shape index (κ1) is 8.48. The predicted molar refractivity (Wildman–Crippen MR) is 60.9 cm³/mol. The van der Waals surface area contributed by atoms with E-state index >= 15 is 0 Å². The van der Waals surface area contributed by atoms with Crippen LogP contribution in [0.15, 0.2) is 47.6 Å². The maximum absolute atomic E-state index is 5.32. The molecule has 1 aliphatic rings. The summed E-state index contributed by atoms with van der Waals surface area (Å²) in [4.78, 5) is 5.32. The quantitative estimate of drug-likeness (QED) is 0.687. The average molecular weight is 197 g/mol. The molecule has 0 radical (unpaired) electrons. The topological polar surface area (TPSA) is 21.6 Å². The van der Waals surface area contributed by atoms with Crippen LogP contribution in [0.1, 0.15) is 18.1 Å². The molecule has 0 bridgehead atoms. The van der Waals surface area contributed by atoms with E-state index < -0.39 is 0 Å². The third kappa shape index (κ3) is 1.38. The largest absolute Gasteiger partial charge is 0.388 e. The van der Waals surface area contributed by atoms with E-state index in [4.69, 9.17) is 4.84 Å². The molecule has 0 amide bonds. The molecular formula is C13H11NO. The molecule has 3 rings (SSSR count). The molecule has 2 aromatic carbocycles. The Hall–Kier alpha value is -1.83. The van der Waals surface area contributed by atoms with Gasteiger partial charge in [-0.15, -0.1) is 0 Å². The molecule has 1 heterocycles. The number of fused-ring (bicyclic) bond motifs is 1. The molecule has 2 nitrogen and oxygen atoms in total. The van der Waals surface area contributed by atoms with Crippen molar-refractivity contribution in [2.24, 2.45) is 5.16 Å². The van der Waals surface area contributed by atoms with E-state index in [9.17, 15) is 0 Å². The molecular weight excluding hydrogens is 186 g/mol. The Labute approximate surface area is 88.2 Å². The van der Waals surface area contributed by atoms with Gasteiger partial charge in [-0.1, -0.05) is 47.6 Å². The molecule has 0 spiro atoms. The standard InChI is InChI=1S/C13H11NO/c1-2-6-11-10(4-1)5-3-7-12(11)13-8-9-14-15-13/h1-7,9,13H,8H2. The second-order valence-corrected chi connectivity index (χ2v) is 3.69. The summed E-state index contributed by atoms with van der Waals surface area (Å²) >= 11 is 0. The molecule has 1 aliphatic heterocycles. The molecule has 0 saturated carbocycles. The van der Waals surface area contributed by atoms with Gasteiger partial charge in [0.15, 0.2) is 6.10 Å². The smallest absolute Gasteiger partial charge is 0.158 e. The Balaban J connectivity index is 2.17. The molecule has 1 atom stereocenters. The Kier molecular flexibility index (Phi) is 1.91. The third-order valence-electron chi connectivity index (χ3n) is 2.75. The van der Waals surface area contributed by atoms with Crippen LogP contribution in [-0.4, -0.2) is 6.21 Å². The van der Waals surface area contributed by atoms with E-state index in [1.807, 2.05) is 6.21 Å². The van der Waals surface area contributed by atoms with Crippen LogP contribution in [0.3, 0.4) is 0 Å². The average Bonchev–Trinajstić information content (AvgIpc) is 2.82. The van der Waals surface area contributed by atoms with Crippen molar-refractivity contribution in [2.45, 2.75) is 12.5 Å². The van der Waals surface area contributed by atoms with Crippen molar-refractivity contribution in [1.29, 1.82) is 0 Å². The minimum Gasteiger partial charge on any atom is -0.388 e. The van der Waals surface area contributed by atoms with Crippen LogP contribution in [0.5, 0.6) is 0 Å². The van der Waals surface area contributed by atoms with Gasteiger partial charge in [-0.05, 0) is 10.8 Å². The molecule has 15 heavy (non-hydrogen) atoms. The van der Waals surface area contributed by atoms with Crippen LogP contribution >= 0.6 is 0 Å². The van der Waals surface area contributed by atoms with E-state index in [1.165, 1.54) is 16.3 Å². The lowest BCUT2D eigenvalue weighted by Gasteiger charge is -2.11. The summed E-state index contributed by atoms with van der Waals surface area (Å²) in [5.41, 5.74) is 1.23. The van der Waals surface area contributed by atoms with Crippen molar-refractivity contribution in [3.05, 3.63) is 48.0 Å². The summed E-state index contributed by atoms with van der Waals surface area (Å²) in [6, 6.07) is 14.7. The van der Waals surface area contributed by atoms with E-state index in [-0.39, 0.29) is 6.10 Å². The lowest BCUT2D eigenvalue weighted by Crippen LogP contribution is -1.96. The van der Waals surface area contributed by atoms with Gasteiger partial charge in [0.25, 0.3) is 0 Å². The van der Waals surface area contributed by atoms with Crippen LogP contribution in [0.2, 0.25) is 0 Å². The van der Waals surface area contributed by atoms with Gasteiger partial charge >= 0.3 is 0 Å². The van der Waals surface area contributed by atoms with Crippen LogP contribution in [0.25, 0.3) is 10.8 Å². The number of oxime groups is 1. The number of hydrogen-bond donors (Lipinski definition) is 0. The number of rotatable bonds is 1. The molecule has 0 fully saturated rings. The fraction of sp³-hybridized carbons (Fsp3) is 0.154. The van der Waals surface area contributed by atoms with Gasteiger partial charge in [0, 0.05) is 18.2 Å². The number of hydrogen-bond acceptors (Lipinski definition) is 2. The van der Waals surface area contributed by atoms with Crippen molar-refractivity contribution in [1.82, 2.24) is 0 Å². The highest BCUT2D eigenvalue weighted by molar-refractivity contribution is 5.86. The van der Waals surface area contributed by atoms with E-state index in [1.54, 1.807) is 0 Å². The summed E-state index contributed by atoms with van der Waals surface area (Å²) in [6.07, 6.45) is 2.79. The molecule has 0 saturated heterocycles. The minimum atomic E-state index is 0.0936. The minimum absolute atomic E-state index is 0.0936. The van der Waals surface area contributed by atoms with Gasteiger partial charge in [0.1, 0.15) is 0 Å². The van der Waals surface area contributed by atoms with E-state index in [0.717, 1.165) is 6.42 Å². The second-order valence-electron chi connectivity index (χ2n) is 3.69. The van der Waals surface area contributed by atoms with Crippen LogP contribution in [0, 0.1) is 0 Å². The van der Waals surface area contributed by atoms with Crippen molar-refractivity contribution < 1.29 is 4.84 Å². The van der Waals surface area contributed by atoms with Crippen LogP contribution in [0.4, 0.5) is 0 Å². The molecule has 0 aromatic heterocycles. The van der Waals surface area contributed by atoms with Gasteiger partial charge in [-0.25, -0.2) is 0 Å². The fourth-order valence-electron chi connectivity index (χ4n) is 2.01. The van der Waals surface area contributed by atoms with Gasteiger partial charge in [-0.2, -0.15) is 0 Å². The maximum atomic E-state index is 5.32. The predicted octanol–water partition coefficient (Wildman–Crippen LogP) is 3.29. The number of benzene rings is 2. The zero-order chi connectivity index (χ0) is 10.1. The molecule has 2 aromatic rings. The first-order valence-corrected chi connectivity index (χ1v) is 5.10. The highest BCUT2D eigenvalue weighted by Gasteiger charge is 2.17. The lowest BCUT2D eigenvalue weighted by atomic mass is 9.99. The van der Waals surface area contributed by atoms with Gasteiger partial charge < -0.3 is 4.84 Å². The van der Waals surface area contributed by atoms with Crippen molar-refractivity contribution in [3.63, 3.8) is 0 Å².